The fourth-order valence-electron chi connectivity index (χ4n) is 4.01. The standard InChI is InChI=1S/C27H35F3N2O2.C2H6/c1-7-19(17-21(28)8-2)24(25(34)31-22-13-15-27(29,30)16-14-22)32(18(3)33)23-11-9-20(10-12-23)26(4,5)6;1-2/h7-12,17,22,24H,1,13-16H2,2-6H3,(H,31,34);1-2H3/b19-17+,21-8+;. The number of carbonyl (C=O) groups excluding carboxylic acids is 2. The summed E-state index contributed by atoms with van der Waals surface area (Å²) in [6, 6.07) is 5.58. The van der Waals surface area contributed by atoms with E-state index in [9.17, 15) is 22.8 Å². The predicted molar refractivity (Wildman–Crippen MR) is 142 cm³/mol. The highest BCUT2D eigenvalue weighted by atomic mass is 19.3. The van der Waals surface area contributed by atoms with Crippen molar-refractivity contribution in [1.29, 1.82) is 0 Å². The Kier molecular flexibility index (Phi) is 11.7. The summed E-state index contributed by atoms with van der Waals surface area (Å²) >= 11 is 0. The number of halogens is 3. The molecule has 7 heteroatoms. The van der Waals surface area contributed by atoms with Crippen LogP contribution >= 0.6 is 0 Å². The lowest BCUT2D eigenvalue weighted by Crippen LogP contribution is -2.53. The lowest BCUT2D eigenvalue weighted by atomic mass is 9.87. The van der Waals surface area contributed by atoms with Crippen LogP contribution in [0.3, 0.4) is 0 Å². The van der Waals surface area contributed by atoms with Crippen molar-refractivity contribution in [3.05, 3.63) is 66.0 Å². The van der Waals surface area contributed by atoms with E-state index in [2.05, 4.69) is 32.7 Å². The van der Waals surface area contributed by atoms with Crippen LogP contribution in [-0.2, 0) is 15.0 Å². The molecule has 1 saturated carbocycles. The molecule has 1 atom stereocenters. The topological polar surface area (TPSA) is 49.4 Å². The smallest absolute Gasteiger partial charge is 0.248 e. The number of nitrogens with one attached hydrogen (secondary N) is 1. The average Bonchev–Trinajstić information content (AvgIpc) is 2.82. The molecule has 200 valence electrons. The third-order valence-corrected chi connectivity index (χ3v) is 6.05. The molecule has 1 unspecified atom stereocenters. The minimum atomic E-state index is -2.73. The molecule has 0 spiro atoms. The first-order valence-corrected chi connectivity index (χ1v) is 12.5. The third kappa shape index (κ3) is 8.68. The van der Waals surface area contributed by atoms with E-state index < -0.39 is 35.6 Å². The molecule has 0 bridgehead atoms. The van der Waals surface area contributed by atoms with Crippen LogP contribution in [0, 0.1) is 0 Å². The zero-order chi connectivity index (χ0) is 27.7. The van der Waals surface area contributed by atoms with Gasteiger partial charge in [-0.1, -0.05) is 65.5 Å². The minimum Gasteiger partial charge on any atom is -0.351 e. The van der Waals surface area contributed by atoms with Gasteiger partial charge in [0.25, 0.3) is 0 Å². The number of amides is 2. The highest BCUT2D eigenvalue weighted by molar-refractivity contribution is 6.02. The van der Waals surface area contributed by atoms with Crippen molar-refractivity contribution in [2.75, 3.05) is 4.90 Å². The summed E-state index contributed by atoms with van der Waals surface area (Å²) in [5.41, 5.74) is 1.58. The van der Waals surface area contributed by atoms with Gasteiger partial charge < -0.3 is 5.32 Å². The molecule has 2 rings (SSSR count). The van der Waals surface area contributed by atoms with Gasteiger partial charge in [0.15, 0.2) is 0 Å². The highest BCUT2D eigenvalue weighted by Gasteiger charge is 2.38. The molecule has 1 aromatic rings. The molecule has 1 aliphatic carbocycles. The lowest BCUT2D eigenvalue weighted by molar-refractivity contribution is -0.126. The number of anilines is 1. The van der Waals surface area contributed by atoms with Crippen LogP contribution in [0.1, 0.15) is 79.7 Å². The number of alkyl halides is 2. The van der Waals surface area contributed by atoms with Crippen LogP contribution < -0.4 is 10.2 Å². The average molecular weight is 507 g/mol. The van der Waals surface area contributed by atoms with Crippen molar-refractivity contribution in [2.45, 2.75) is 97.6 Å². The van der Waals surface area contributed by atoms with Crippen LogP contribution in [0.15, 0.2) is 60.5 Å². The van der Waals surface area contributed by atoms with E-state index >= 15 is 0 Å². The molecule has 0 radical (unpaired) electrons. The van der Waals surface area contributed by atoms with E-state index in [4.69, 9.17) is 0 Å². The van der Waals surface area contributed by atoms with Crippen molar-refractivity contribution in [3.63, 3.8) is 0 Å². The molecule has 0 aromatic heterocycles. The van der Waals surface area contributed by atoms with Crippen LogP contribution in [0.25, 0.3) is 0 Å². The Morgan fingerprint density at radius 3 is 2.08 bits per heavy atom. The molecule has 1 aromatic carbocycles. The van der Waals surface area contributed by atoms with E-state index in [-0.39, 0.29) is 36.7 Å². The molecule has 2 amide bonds. The molecule has 1 N–H and O–H groups in total. The van der Waals surface area contributed by atoms with Gasteiger partial charge in [-0.15, -0.1) is 0 Å². The lowest BCUT2D eigenvalue weighted by Gasteiger charge is -2.34. The Morgan fingerprint density at radius 2 is 1.67 bits per heavy atom. The first-order valence-electron chi connectivity index (χ1n) is 12.5. The zero-order valence-corrected chi connectivity index (χ0v) is 22.6. The quantitative estimate of drug-likeness (QED) is 0.392. The summed E-state index contributed by atoms with van der Waals surface area (Å²) in [5.74, 6) is -4.31. The Labute approximate surface area is 214 Å². The van der Waals surface area contributed by atoms with E-state index in [1.54, 1.807) is 12.1 Å². The molecule has 0 heterocycles. The van der Waals surface area contributed by atoms with E-state index in [0.717, 1.165) is 11.6 Å². The minimum absolute atomic E-state index is 0.110. The number of rotatable bonds is 7. The molecular formula is C29H41F3N2O2. The van der Waals surface area contributed by atoms with Gasteiger partial charge in [0.2, 0.25) is 17.7 Å². The number of allylic oxidation sites excluding steroid dienone is 3. The maximum atomic E-state index is 14.2. The van der Waals surface area contributed by atoms with Crippen LogP contribution in [0.5, 0.6) is 0 Å². The summed E-state index contributed by atoms with van der Waals surface area (Å²) < 4.78 is 41.4. The summed E-state index contributed by atoms with van der Waals surface area (Å²) in [4.78, 5) is 27.6. The monoisotopic (exact) mass is 506 g/mol. The largest absolute Gasteiger partial charge is 0.351 e. The van der Waals surface area contributed by atoms with Crippen LogP contribution in [-0.4, -0.2) is 29.8 Å². The molecular weight excluding hydrogens is 465 g/mol. The maximum Gasteiger partial charge on any atom is 0.248 e. The maximum absolute atomic E-state index is 14.2. The zero-order valence-electron chi connectivity index (χ0n) is 22.6. The summed E-state index contributed by atoms with van der Waals surface area (Å²) in [7, 11) is 0. The van der Waals surface area contributed by atoms with Crippen molar-refractivity contribution < 1.29 is 22.8 Å². The third-order valence-electron chi connectivity index (χ3n) is 6.05. The fraction of sp³-hybridized carbons (Fsp3) is 0.517. The first-order chi connectivity index (χ1) is 16.8. The number of carbonyl (C=O) groups is 2. The predicted octanol–water partition coefficient (Wildman–Crippen LogP) is 7.41. The van der Waals surface area contributed by atoms with Gasteiger partial charge in [0, 0.05) is 31.5 Å². The van der Waals surface area contributed by atoms with Gasteiger partial charge in [-0.05, 0) is 54.5 Å². The Hall–Kier alpha value is -2.83. The molecule has 0 aliphatic heterocycles. The molecule has 0 saturated heterocycles. The summed E-state index contributed by atoms with van der Waals surface area (Å²) in [6.45, 7) is 16.7. The van der Waals surface area contributed by atoms with Crippen LogP contribution in [0.4, 0.5) is 18.9 Å². The van der Waals surface area contributed by atoms with Crippen molar-refractivity contribution >= 4 is 17.5 Å². The SMILES string of the molecule is C=C/C(=C\C(F)=C/C)C(C(=O)NC1CCC(F)(F)CC1)N(C(C)=O)c1ccc(C(C)(C)C)cc1.CC. The van der Waals surface area contributed by atoms with Gasteiger partial charge in [0.05, 0.1) is 0 Å². The Balaban J connectivity index is 0.00000316. The molecule has 4 nitrogen and oxygen atoms in total. The Bertz CT molecular complexity index is 950. The van der Waals surface area contributed by atoms with E-state index in [1.165, 1.54) is 30.9 Å². The van der Waals surface area contributed by atoms with Gasteiger partial charge in [-0.2, -0.15) is 0 Å². The van der Waals surface area contributed by atoms with Gasteiger partial charge >= 0.3 is 0 Å². The molecule has 1 aliphatic rings. The number of hydrogen-bond acceptors (Lipinski definition) is 2. The van der Waals surface area contributed by atoms with Crippen LogP contribution in [0.2, 0.25) is 0 Å². The second-order valence-corrected chi connectivity index (χ2v) is 9.75. The van der Waals surface area contributed by atoms with Gasteiger partial charge in [-0.25, -0.2) is 13.2 Å². The summed E-state index contributed by atoms with van der Waals surface area (Å²) in [5, 5.41) is 2.81. The number of hydrogen-bond donors (Lipinski definition) is 1. The van der Waals surface area contributed by atoms with Gasteiger partial charge in [-0.3, -0.25) is 14.5 Å². The number of nitrogens with zero attached hydrogens (tertiary/aromatic N) is 1. The normalized spacial score (nSPS) is 17.4. The fourth-order valence-corrected chi connectivity index (χ4v) is 4.01. The second-order valence-electron chi connectivity index (χ2n) is 9.75. The summed E-state index contributed by atoms with van der Waals surface area (Å²) in [6.07, 6.45) is 3.35. The van der Waals surface area contributed by atoms with E-state index in [1.807, 2.05) is 26.0 Å². The van der Waals surface area contributed by atoms with Gasteiger partial charge in [0.1, 0.15) is 11.9 Å². The van der Waals surface area contributed by atoms with Crippen molar-refractivity contribution in [2.24, 2.45) is 0 Å². The Morgan fingerprint density at radius 1 is 1.14 bits per heavy atom. The molecule has 1 fully saturated rings. The molecule has 36 heavy (non-hydrogen) atoms. The number of benzene rings is 1. The highest BCUT2D eigenvalue weighted by Crippen LogP contribution is 2.33. The second kappa shape index (κ2) is 13.5. The van der Waals surface area contributed by atoms with Crippen molar-refractivity contribution in [3.8, 4) is 0 Å². The van der Waals surface area contributed by atoms with Crippen molar-refractivity contribution in [1.82, 2.24) is 5.32 Å². The first kappa shape index (κ1) is 31.2. The van der Waals surface area contributed by atoms with E-state index in [0.29, 0.717) is 5.69 Å².